The Morgan fingerprint density at radius 3 is 1.38 bits per heavy atom. The molecule has 32 heavy (non-hydrogen) atoms. The molecule has 2 atom stereocenters. The highest BCUT2D eigenvalue weighted by atomic mass is 16.3. The number of nitrogens with zero attached hydrogens (tertiary/aromatic N) is 4. The van der Waals surface area contributed by atoms with Crippen LogP contribution in [0.4, 0.5) is 0 Å². The number of benzene rings is 1. The lowest BCUT2D eigenvalue weighted by molar-refractivity contribution is 0.0955. The van der Waals surface area contributed by atoms with Gasteiger partial charge in [0, 0.05) is 13.1 Å². The van der Waals surface area contributed by atoms with Crippen molar-refractivity contribution < 1.29 is 10.2 Å². The smallest absolute Gasteiger partial charge is 0.329 e. The van der Waals surface area contributed by atoms with Crippen molar-refractivity contribution in [2.75, 3.05) is 39.3 Å². The Kier molecular flexibility index (Phi) is 8.41. The first kappa shape index (κ1) is 23.5. The van der Waals surface area contributed by atoms with E-state index in [4.69, 9.17) is 0 Å². The van der Waals surface area contributed by atoms with Crippen LogP contribution in [0.2, 0.25) is 0 Å². The Morgan fingerprint density at radius 2 is 1.00 bits per heavy atom. The molecule has 2 fully saturated rings. The van der Waals surface area contributed by atoms with Gasteiger partial charge < -0.3 is 20.0 Å². The predicted octanol–water partition coefficient (Wildman–Crippen LogP) is 2.28. The first-order chi connectivity index (χ1) is 15.6. The van der Waals surface area contributed by atoms with Crippen molar-refractivity contribution in [2.24, 2.45) is 0 Å². The van der Waals surface area contributed by atoms with Crippen molar-refractivity contribution in [1.29, 1.82) is 0 Å². The second-order valence-corrected chi connectivity index (χ2v) is 9.73. The lowest BCUT2D eigenvalue weighted by Crippen LogP contribution is -2.39. The van der Waals surface area contributed by atoms with Crippen LogP contribution in [0.15, 0.2) is 29.1 Å². The molecular formula is C25H40N4O3. The zero-order valence-electron chi connectivity index (χ0n) is 19.4. The molecule has 2 N–H and O–H groups in total. The van der Waals surface area contributed by atoms with E-state index < -0.39 is 12.2 Å². The first-order valence-electron chi connectivity index (χ1n) is 12.6. The third kappa shape index (κ3) is 6.01. The van der Waals surface area contributed by atoms with Gasteiger partial charge in [-0.25, -0.2) is 4.79 Å². The Balaban J connectivity index is 1.46. The SMILES string of the molecule is O=c1n(CC(O)CN2CCCCCC2)c2ccccc2n1CC(O)CN1CCCCCC1. The minimum Gasteiger partial charge on any atom is -0.390 e. The van der Waals surface area contributed by atoms with Gasteiger partial charge in [-0.3, -0.25) is 9.13 Å². The highest BCUT2D eigenvalue weighted by Gasteiger charge is 2.21. The summed E-state index contributed by atoms with van der Waals surface area (Å²) < 4.78 is 3.38. The van der Waals surface area contributed by atoms with Crippen molar-refractivity contribution in [3.8, 4) is 0 Å². The van der Waals surface area contributed by atoms with Crippen LogP contribution in [0.3, 0.4) is 0 Å². The first-order valence-corrected chi connectivity index (χ1v) is 12.6. The highest BCUT2D eigenvalue weighted by Crippen LogP contribution is 2.16. The van der Waals surface area contributed by atoms with E-state index in [1.807, 2.05) is 24.3 Å². The minimum atomic E-state index is -0.591. The van der Waals surface area contributed by atoms with Gasteiger partial charge in [0.25, 0.3) is 0 Å². The molecule has 2 aromatic rings. The maximum atomic E-state index is 13.3. The van der Waals surface area contributed by atoms with Gasteiger partial charge in [0.2, 0.25) is 0 Å². The third-order valence-corrected chi connectivity index (χ3v) is 7.05. The summed E-state index contributed by atoms with van der Waals surface area (Å²) in [6.45, 7) is 5.86. The number of hydrogen-bond donors (Lipinski definition) is 2. The number of β-amino-alcohol motifs (C(OH)–C–C–N with tert-alkyl or cyclic N) is 2. The van der Waals surface area contributed by atoms with Crippen molar-refractivity contribution in [3.63, 3.8) is 0 Å². The molecule has 1 aromatic carbocycles. The molecule has 2 unspecified atom stereocenters. The number of aliphatic hydroxyl groups excluding tert-OH is 2. The Bertz CT molecular complexity index is 822. The van der Waals surface area contributed by atoms with Crippen LogP contribution in [0, 0.1) is 0 Å². The molecule has 2 aliphatic heterocycles. The fourth-order valence-electron chi connectivity index (χ4n) is 5.40. The Morgan fingerprint density at radius 1 is 0.625 bits per heavy atom. The van der Waals surface area contributed by atoms with E-state index >= 15 is 0 Å². The van der Waals surface area contributed by atoms with Gasteiger partial charge in [-0.2, -0.15) is 0 Å². The van der Waals surface area contributed by atoms with E-state index in [1.165, 1.54) is 51.4 Å². The van der Waals surface area contributed by atoms with E-state index in [9.17, 15) is 15.0 Å². The van der Waals surface area contributed by atoms with Crippen LogP contribution in [0.5, 0.6) is 0 Å². The average molecular weight is 445 g/mol. The zero-order chi connectivity index (χ0) is 22.3. The lowest BCUT2D eigenvalue weighted by atomic mass is 10.2. The second-order valence-electron chi connectivity index (χ2n) is 9.73. The molecule has 2 aliphatic rings. The summed E-state index contributed by atoms with van der Waals surface area (Å²) in [7, 11) is 0. The van der Waals surface area contributed by atoms with Gasteiger partial charge in [-0.15, -0.1) is 0 Å². The summed E-state index contributed by atoms with van der Waals surface area (Å²) in [4.78, 5) is 18.0. The zero-order valence-corrected chi connectivity index (χ0v) is 19.4. The second kappa shape index (κ2) is 11.5. The summed E-state index contributed by atoms with van der Waals surface area (Å²) in [5.74, 6) is 0. The molecule has 7 heteroatoms. The summed E-state index contributed by atoms with van der Waals surface area (Å²) >= 11 is 0. The molecule has 0 amide bonds. The van der Waals surface area contributed by atoms with Crippen LogP contribution in [0.25, 0.3) is 11.0 Å². The lowest BCUT2D eigenvalue weighted by Gasteiger charge is -2.23. The maximum Gasteiger partial charge on any atom is 0.329 e. The van der Waals surface area contributed by atoms with E-state index in [-0.39, 0.29) is 18.8 Å². The summed E-state index contributed by atoms with van der Waals surface area (Å²) in [5, 5.41) is 21.6. The number of likely N-dealkylation sites (tertiary alicyclic amines) is 2. The fraction of sp³-hybridized carbons (Fsp3) is 0.720. The van der Waals surface area contributed by atoms with Crippen LogP contribution in [-0.4, -0.2) is 80.6 Å². The van der Waals surface area contributed by atoms with Crippen LogP contribution < -0.4 is 5.69 Å². The molecule has 178 valence electrons. The molecule has 1 aromatic heterocycles. The summed E-state index contributed by atoms with van der Waals surface area (Å²) in [6, 6.07) is 7.73. The van der Waals surface area contributed by atoms with Gasteiger partial charge in [-0.1, -0.05) is 37.8 Å². The number of aromatic nitrogens is 2. The van der Waals surface area contributed by atoms with Crippen LogP contribution in [0.1, 0.15) is 51.4 Å². The van der Waals surface area contributed by atoms with Crippen molar-refractivity contribution in [3.05, 3.63) is 34.7 Å². The Labute approximate surface area is 191 Å². The van der Waals surface area contributed by atoms with Gasteiger partial charge in [0.15, 0.2) is 0 Å². The molecule has 0 aliphatic carbocycles. The summed E-state index contributed by atoms with van der Waals surface area (Å²) in [5.41, 5.74) is 1.51. The van der Waals surface area contributed by atoms with Crippen molar-refractivity contribution in [2.45, 2.75) is 76.7 Å². The van der Waals surface area contributed by atoms with Gasteiger partial charge in [0.05, 0.1) is 36.3 Å². The Hall–Kier alpha value is -1.67. The summed E-state index contributed by atoms with van der Waals surface area (Å²) in [6.07, 6.45) is 8.60. The van der Waals surface area contributed by atoms with E-state index in [0.29, 0.717) is 13.1 Å². The number of rotatable bonds is 8. The highest BCUT2D eigenvalue weighted by molar-refractivity contribution is 5.76. The molecule has 2 saturated heterocycles. The fourth-order valence-corrected chi connectivity index (χ4v) is 5.40. The van der Waals surface area contributed by atoms with Crippen molar-refractivity contribution in [1.82, 2.24) is 18.9 Å². The monoisotopic (exact) mass is 444 g/mol. The topological polar surface area (TPSA) is 73.9 Å². The van der Waals surface area contributed by atoms with E-state index in [2.05, 4.69) is 9.80 Å². The number of imidazole rings is 1. The molecule has 0 saturated carbocycles. The third-order valence-electron chi connectivity index (χ3n) is 7.05. The number of fused-ring (bicyclic) bond motifs is 1. The van der Waals surface area contributed by atoms with E-state index in [1.54, 1.807) is 9.13 Å². The maximum absolute atomic E-state index is 13.3. The average Bonchev–Trinajstić information content (AvgIpc) is 3.07. The molecule has 0 spiro atoms. The molecule has 4 rings (SSSR count). The predicted molar refractivity (Wildman–Crippen MR) is 128 cm³/mol. The molecule has 0 radical (unpaired) electrons. The molecule has 7 nitrogen and oxygen atoms in total. The molecule has 0 bridgehead atoms. The molecule has 3 heterocycles. The number of aliphatic hydroxyl groups is 2. The van der Waals surface area contributed by atoms with Gasteiger partial charge in [-0.05, 0) is 64.0 Å². The quantitative estimate of drug-likeness (QED) is 0.654. The minimum absolute atomic E-state index is 0.143. The van der Waals surface area contributed by atoms with Gasteiger partial charge in [0.1, 0.15) is 0 Å². The van der Waals surface area contributed by atoms with Crippen molar-refractivity contribution >= 4 is 11.0 Å². The van der Waals surface area contributed by atoms with E-state index in [0.717, 1.165) is 37.2 Å². The number of para-hydroxylation sites is 2. The normalized spacial score (nSPS) is 21.3. The van der Waals surface area contributed by atoms with Gasteiger partial charge >= 0.3 is 5.69 Å². The largest absolute Gasteiger partial charge is 0.390 e. The van der Waals surface area contributed by atoms with Crippen LogP contribution >= 0.6 is 0 Å². The standard InChI is InChI=1S/C25H40N4O3/c30-21(17-26-13-7-1-2-8-14-26)19-28-23-11-5-6-12-24(23)29(25(28)32)20-22(31)18-27-15-9-3-4-10-16-27/h5-6,11-12,21-22,30-31H,1-4,7-10,13-20H2. The number of hydrogen-bond acceptors (Lipinski definition) is 5. The molecular weight excluding hydrogens is 404 g/mol. The van der Waals surface area contributed by atoms with Crippen LogP contribution in [-0.2, 0) is 13.1 Å².